The highest BCUT2D eigenvalue weighted by Crippen LogP contribution is 2.08. The average Bonchev–Trinajstić information content (AvgIpc) is 3.03. The van der Waals surface area contributed by atoms with E-state index in [0.29, 0.717) is 92.3 Å². The van der Waals surface area contributed by atoms with Crippen molar-refractivity contribution in [2.45, 2.75) is 89.8 Å². The predicted octanol–water partition coefficient (Wildman–Crippen LogP) is 5.52. The zero-order valence-electron chi connectivity index (χ0n) is 27.2. The van der Waals surface area contributed by atoms with Gasteiger partial charge in [0.1, 0.15) is 6.10 Å². The van der Waals surface area contributed by atoms with Gasteiger partial charge < -0.3 is 43.4 Å². The highest BCUT2D eigenvalue weighted by molar-refractivity contribution is 5.66. The van der Waals surface area contributed by atoms with Crippen LogP contribution in [0.3, 0.4) is 0 Å². The summed E-state index contributed by atoms with van der Waals surface area (Å²) in [6, 6.07) is 10.0. The molecule has 11 nitrogen and oxygen atoms in total. The van der Waals surface area contributed by atoms with Gasteiger partial charge in [0.2, 0.25) is 0 Å². The summed E-state index contributed by atoms with van der Waals surface area (Å²) in [5.41, 5.74) is 1.15. The maximum absolute atomic E-state index is 10.6. The minimum atomic E-state index is -0.740. The lowest BCUT2D eigenvalue weighted by Gasteiger charge is -2.18. The number of benzene rings is 1. The van der Waals surface area contributed by atoms with Crippen LogP contribution in [0.5, 0.6) is 0 Å². The Morgan fingerprint density at radius 2 is 0.911 bits per heavy atom. The quantitative estimate of drug-likeness (QED) is 0.0905. The third kappa shape index (κ3) is 30.3. The molecule has 0 amide bonds. The fraction of sp³-hybridized carbons (Fsp3) is 0.765. The number of carboxylic acids is 2. The molecule has 1 atom stereocenters. The van der Waals surface area contributed by atoms with Crippen LogP contribution in [0.2, 0.25) is 0 Å². The SMILES string of the molecule is O=C(O)CCCCCCCOC[C@@H](COCCOCCOCCOCCOCc1ccccc1)OCCCCCCCC(=O)O. The van der Waals surface area contributed by atoms with Gasteiger partial charge in [-0.3, -0.25) is 9.59 Å². The number of hydrogen-bond donors (Lipinski definition) is 2. The summed E-state index contributed by atoms with van der Waals surface area (Å²) in [6.07, 6.45) is 9.46. The molecule has 1 aromatic rings. The molecular weight excluding hydrogens is 584 g/mol. The molecule has 0 aliphatic carbocycles. The van der Waals surface area contributed by atoms with Crippen LogP contribution in [0.25, 0.3) is 0 Å². The van der Waals surface area contributed by atoms with E-state index in [1.165, 1.54) is 0 Å². The maximum Gasteiger partial charge on any atom is 0.303 e. The van der Waals surface area contributed by atoms with Crippen LogP contribution in [-0.4, -0.2) is 108 Å². The lowest BCUT2D eigenvalue weighted by molar-refractivity contribution is -0.138. The molecule has 0 aliphatic rings. The molecule has 260 valence electrons. The molecule has 1 aromatic carbocycles. The highest BCUT2D eigenvalue weighted by atomic mass is 16.6. The number of ether oxygens (including phenoxy) is 7. The van der Waals surface area contributed by atoms with Gasteiger partial charge >= 0.3 is 11.9 Å². The molecule has 0 spiro atoms. The molecule has 0 saturated heterocycles. The van der Waals surface area contributed by atoms with Crippen molar-refractivity contribution in [1.82, 2.24) is 0 Å². The van der Waals surface area contributed by atoms with Crippen molar-refractivity contribution >= 4 is 11.9 Å². The first-order valence-electron chi connectivity index (χ1n) is 16.6. The van der Waals surface area contributed by atoms with Crippen LogP contribution in [0.4, 0.5) is 0 Å². The highest BCUT2D eigenvalue weighted by Gasteiger charge is 2.10. The van der Waals surface area contributed by atoms with Gasteiger partial charge in [-0.05, 0) is 31.2 Å². The molecular formula is C34H58O11. The summed E-state index contributed by atoms with van der Waals surface area (Å²) in [4.78, 5) is 21.2. The second-order valence-electron chi connectivity index (χ2n) is 10.8. The van der Waals surface area contributed by atoms with E-state index in [1.807, 2.05) is 30.3 Å². The zero-order valence-corrected chi connectivity index (χ0v) is 27.2. The van der Waals surface area contributed by atoms with Crippen molar-refractivity contribution in [3.63, 3.8) is 0 Å². The second-order valence-corrected chi connectivity index (χ2v) is 10.8. The minimum Gasteiger partial charge on any atom is -0.481 e. The van der Waals surface area contributed by atoms with Crippen LogP contribution >= 0.6 is 0 Å². The van der Waals surface area contributed by atoms with E-state index in [9.17, 15) is 9.59 Å². The van der Waals surface area contributed by atoms with Gasteiger partial charge in [0, 0.05) is 26.1 Å². The normalized spacial score (nSPS) is 12.0. The Labute approximate surface area is 269 Å². The standard InChI is InChI=1S/C34H58O11/c35-33(36)16-10-3-1-5-12-18-42-29-32(45-19-13-6-2-4-11-17-34(37)38)30-44-27-25-41-23-21-39-20-22-40-24-26-43-28-31-14-8-7-9-15-31/h7-9,14-15,32H,1-6,10-13,16-30H2,(H,35,36)(H,37,38)/t32-/m0/s1. The number of unbranched alkanes of at least 4 members (excludes halogenated alkanes) is 8. The van der Waals surface area contributed by atoms with E-state index >= 15 is 0 Å². The Hall–Kier alpha value is -2.12. The summed E-state index contributed by atoms with van der Waals surface area (Å²) >= 11 is 0. The topological polar surface area (TPSA) is 139 Å². The van der Waals surface area contributed by atoms with Crippen LogP contribution in [-0.2, 0) is 49.4 Å². The summed E-state index contributed by atoms with van der Waals surface area (Å²) in [5, 5.41) is 17.4. The molecule has 45 heavy (non-hydrogen) atoms. The molecule has 2 N–H and O–H groups in total. The molecule has 0 bridgehead atoms. The van der Waals surface area contributed by atoms with Crippen LogP contribution in [0.15, 0.2) is 30.3 Å². The Morgan fingerprint density at radius 3 is 1.44 bits per heavy atom. The van der Waals surface area contributed by atoms with Crippen molar-refractivity contribution in [3.8, 4) is 0 Å². The fourth-order valence-corrected chi connectivity index (χ4v) is 4.29. The Balaban J connectivity index is 2.02. The third-order valence-corrected chi connectivity index (χ3v) is 6.77. The van der Waals surface area contributed by atoms with Gasteiger partial charge in [-0.25, -0.2) is 0 Å². The Morgan fingerprint density at radius 1 is 0.489 bits per heavy atom. The average molecular weight is 643 g/mol. The van der Waals surface area contributed by atoms with E-state index in [4.69, 9.17) is 43.4 Å². The summed E-state index contributed by atoms with van der Waals surface area (Å²) < 4.78 is 39.9. The van der Waals surface area contributed by atoms with Gasteiger partial charge in [-0.2, -0.15) is 0 Å². The van der Waals surface area contributed by atoms with Gasteiger partial charge in [0.25, 0.3) is 0 Å². The largest absolute Gasteiger partial charge is 0.481 e. The number of rotatable bonds is 35. The zero-order chi connectivity index (χ0) is 32.5. The molecule has 0 saturated carbocycles. The van der Waals surface area contributed by atoms with Crippen LogP contribution in [0.1, 0.15) is 82.6 Å². The summed E-state index contributed by atoms with van der Waals surface area (Å²) in [7, 11) is 0. The number of aliphatic carboxylic acids is 2. The van der Waals surface area contributed by atoms with E-state index in [-0.39, 0.29) is 18.9 Å². The maximum atomic E-state index is 10.6. The molecule has 0 aromatic heterocycles. The fourth-order valence-electron chi connectivity index (χ4n) is 4.29. The molecule has 11 heteroatoms. The van der Waals surface area contributed by atoms with Crippen molar-refractivity contribution in [1.29, 1.82) is 0 Å². The van der Waals surface area contributed by atoms with E-state index < -0.39 is 11.9 Å². The molecule has 0 radical (unpaired) electrons. The molecule has 1 rings (SSSR count). The first-order chi connectivity index (χ1) is 22.1. The Kier molecular flexibility index (Phi) is 28.9. The van der Waals surface area contributed by atoms with Crippen molar-refractivity contribution in [2.75, 3.05) is 79.3 Å². The van der Waals surface area contributed by atoms with Crippen LogP contribution < -0.4 is 0 Å². The molecule has 0 unspecified atom stereocenters. The number of carbonyl (C=O) groups is 2. The minimum absolute atomic E-state index is 0.167. The van der Waals surface area contributed by atoms with Crippen molar-refractivity contribution in [2.24, 2.45) is 0 Å². The smallest absolute Gasteiger partial charge is 0.303 e. The lowest BCUT2D eigenvalue weighted by Crippen LogP contribution is -2.27. The summed E-state index contributed by atoms with van der Waals surface area (Å²) in [6.45, 7) is 6.68. The lowest BCUT2D eigenvalue weighted by atomic mass is 10.1. The van der Waals surface area contributed by atoms with Crippen molar-refractivity contribution < 1.29 is 53.0 Å². The van der Waals surface area contributed by atoms with E-state index in [0.717, 1.165) is 63.4 Å². The number of carboxylic acid groups (broad SMARTS) is 2. The third-order valence-electron chi connectivity index (χ3n) is 6.77. The van der Waals surface area contributed by atoms with E-state index in [1.54, 1.807) is 0 Å². The number of hydrogen-bond acceptors (Lipinski definition) is 9. The first kappa shape index (κ1) is 40.9. The van der Waals surface area contributed by atoms with Crippen molar-refractivity contribution in [3.05, 3.63) is 35.9 Å². The Bertz CT molecular complexity index is 794. The van der Waals surface area contributed by atoms with Gasteiger partial charge in [0.15, 0.2) is 0 Å². The van der Waals surface area contributed by atoms with Gasteiger partial charge in [-0.15, -0.1) is 0 Å². The first-order valence-corrected chi connectivity index (χ1v) is 16.6. The molecule has 0 aliphatic heterocycles. The second kappa shape index (κ2) is 31.8. The molecule has 0 fully saturated rings. The van der Waals surface area contributed by atoms with Gasteiger partial charge in [-0.1, -0.05) is 68.9 Å². The monoisotopic (exact) mass is 642 g/mol. The van der Waals surface area contributed by atoms with E-state index in [2.05, 4.69) is 0 Å². The van der Waals surface area contributed by atoms with Crippen LogP contribution in [0, 0.1) is 0 Å². The van der Waals surface area contributed by atoms with Gasteiger partial charge in [0.05, 0.1) is 72.7 Å². The molecule has 0 heterocycles. The summed E-state index contributed by atoms with van der Waals surface area (Å²) in [5.74, 6) is -1.48. The predicted molar refractivity (Wildman–Crippen MR) is 171 cm³/mol.